The first-order chi connectivity index (χ1) is 10.5. The lowest BCUT2D eigenvalue weighted by atomic mass is 10.1. The van der Waals surface area contributed by atoms with Crippen LogP contribution in [0.1, 0.15) is 38.3 Å². The van der Waals surface area contributed by atoms with Gasteiger partial charge in [0.25, 0.3) is 0 Å². The fourth-order valence-corrected chi connectivity index (χ4v) is 2.67. The lowest BCUT2D eigenvalue weighted by Crippen LogP contribution is -2.47. The number of hydrogen-bond donors (Lipinski definition) is 2. The summed E-state index contributed by atoms with van der Waals surface area (Å²) >= 11 is 0. The summed E-state index contributed by atoms with van der Waals surface area (Å²) in [6, 6.07) is 3.33. The Labute approximate surface area is 131 Å². The summed E-state index contributed by atoms with van der Waals surface area (Å²) in [6.07, 6.45) is 5.41. The maximum atomic E-state index is 12.4. The van der Waals surface area contributed by atoms with E-state index in [4.69, 9.17) is 5.73 Å². The molecule has 2 heterocycles. The quantitative estimate of drug-likeness (QED) is 0.844. The van der Waals surface area contributed by atoms with Crippen molar-refractivity contribution in [2.24, 2.45) is 11.7 Å². The molecule has 6 nitrogen and oxygen atoms in total. The molecule has 1 unspecified atom stereocenters. The van der Waals surface area contributed by atoms with Crippen molar-refractivity contribution in [3.63, 3.8) is 0 Å². The van der Waals surface area contributed by atoms with Crippen LogP contribution in [0.4, 0.5) is 0 Å². The number of rotatable bonds is 5. The SMILES string of the molecule is CC(C)[C@H](N)C(=O)NCC(=O)N1CCCC1c1cccnc1. The second kappa shape index (κ2) is 7.35. The molecular weight excluding hydrogens is 280 g/mol. The van der Waals surface area contributed by atoms with Crippen molar-refractivity contribution in [3.05, 3.63) is 30.1 Å². The summed E-state index contributed by atoms with van der Waals surface area (Å²) in [6.45, 7) is 4.47. The molecule has 2 rings (SSSR count). The van der Waals surface area contributed by atoms with Gasteiger partial charge >= 0.3 is 0 Å². The predicted octanol–water partition coefficient (Wildman–Crippen LogP) is 0.845. The van der Waals surface area contributed by atoms with Gasteiger partial charge in [0.05, 0.1) is 18.6 Å². The van der Waals surface area contributed by atoms with Crippen LogP contribution in [0.2, 0.25) is 0 Å². The number of hydrogen-bond acceptors (Lipinski definition) is 4. The van der Waals surface area contributed by atoms with Gasteiger partial charge in [-0.3, -0.25) is 14.6 Å². The third-order valence-electron chi connectivity index (χ3n) is 4.08. The van der Waals surface area contributed by atoms with E-state index in [1.54, 1.807) is 12.4 Å². The molecule has 1 aromatic heterocycles. The largest absolute Gasteiger partial charge is 0.346 e. The molecule has 0 spiro atoms. The van der Waals surface area contributed by atoms with Crippen LogP contribution >= 0.6 is 0 Å². The van der Waals surface area contributed by atoms with Gasteiger partial charge in [-0.2, -0.15) is 0 Å². The van der Waals surface area contributed by atoms with Gasteiger partial charge in [0.15, 0.2) is 0 Å². The monoisotopic (exact) mass is 304 g/mol. The van der Waals surface area contributed by atoms with E-state index in [1.165, 1.54) is 0 Å². The van der Waals surface area contributed by atoms with Gasteiger partial charge in [-0.1, -0.05) is 19.9 Å². The fraction of sp³-hybridized carbons (Fsp3) is 0.562. The molecule has 0 saturated carbocycles. The smallest absolute Gasteiger partial charge is 0.242 e. The van der Waals surface area contributed by atoms with E-state index >= 15 is 0 Å². The van der Waals surface area contributed by atoms with E-state index in [1.807, 2.05) is 30.9 Å². The van der Waals surface area contributed by atoms with Crippen LogP contribution in [0.15, 0.2) is 24.5 Å². The Bertz CT molecular complexity index is 518. The first-order valence-electron chi connectivity index (χ1n) is 7.73. The fourth-order valence-electron chi connectivity index (χ4n) is 2.67. The second-order valence-corrected chi connectivity index (χ2v) is 6.02. The minimum absolute atomic E-state index is 0.00395. The minimum atomic E-state index is -0.583. The van der Waals surface area contributed by atoms with Crippen molar-refractivity contribution >= 4 is 11.8 Å². The minimum Gasteiger partial charge on any atom is -0.346 e. The highest BCUT2D eigenvalue weighted by Gasteiger charge is 2.30. The Kier molecular flexibility index (Phi) is 5.49. The molecule has 0 aliphatic carbocycles. The number of likely N-dealkylation sites (tertiary alicyclic amines) is 1. The van der Waals surface area contributed by atoms with Crippen molar-refractivity contribution in [1.82, 2.24) is 15.2 Å². The summed E-state index contributed by atoms with van der Waals surface area (Å²) in [5.41, 5.74) is 6.81. The lowest BCUT2D eigenvalue weighted by Gasteiger charge is -2.25. The molecule has 1 aromatic rings. The predicted molar refractivity (Wildman–Crippen MR) is 83.7 cm³/mol. The van der Waals surface area contributed by atoms with Gasteiger partial charge in [0.1, 0.15) is 0 Å². The highest BCUT2D eigenvalue weighted by atomic mass is 16.2. The van der Waals surface area contributed by atoms with Gasteiger partial charge < -0.3 is 16.0 Å². The van der Waals surface area contributed by atoms with Gasteiger partial charge in [-0.15, -0.1) is 0 Å². The molecule has 1 aliphatic heterocycles. The molecule has 1 saturated heterocycles. The molecule has 1 fully saturated rings. The number of pyridine rings is 1. The lowest BCUT2D eigenvalue weighted by molar-refractivity contribution is -0.134. The molecule has 120 valence electrons. The third kappa shape index (κ3) is 3.82. The van der Waals surface area contributed by atoms with E-state index in [0.29, 0.717) is 6.54 Å². The van der Waals surface area contributed by atoms with Crippen molar-refractivity contribution in [1.29, 1.82) is 0 Å². The Hall–Kier alpha value is -1.95. The van der Waals surface area contributed by atoms with Crippen LogP contribution in [0.25, 0.3) is 0 Å². The van der Waals surface area contributed by atoms with E-state index in [0.717, 1.165) is 18.4 Å². The summed E-state index contributed by atoms with van der Waals surface area (Å²) < 4.78 is 0. The Morgan fingerprint density at radius 3 is 2.91 bits per heavy atom. The zero-order valence-electron chi connectivity index (χ0n) is 13.2. The summed E-state index contributed by atoms with van der Waals surface area (Å²) in [4.78, 5) is 30.1. The van der Waals surface area contributed by atoms with Gasteiger partial charge in [0, 0.05) is 18.9 Å². The highest BCUT2D eigenvalue weighted by molar-refractivity contribution is 5.87. The van der Waals surface area contributed by atoms with Gasteiger partial charge in [0.2, 0.25) is 11.8 Å². The number of carbonyl (C=O) groups excluding carboxylic acids is 2. The molecule has 6 heteroatoms. The molecule has 0 aromatic carbocycles. The first-order valence-corrected chi connectivity index (χ1v) is 7.73. The van der Waals surface area contributed by atoms with Crippen LogP contribution in [0.5, 0.6) is 0 Å². The van der Waals surface area contributed by atoms with E-state index < -0.39 is 6.04 Å². The number of carbonyl (C=O) groups is 2. The molecule has 2 amide bonds. The molecule has 22 heavy (non-hydrogen) atoms. The summed E-state index contributed by atoms with van der Waals surface area (Å²) in [5.74, 6) is -0.304. The Morgan fingerprint density at radius 1 is 1.50 bits per heavy atom. The average molecular weight is 304 g/mol. The maximum Gasteiger partial charge on any atom is 0.242 e. The van der Waals surface area contributed by atoms with Gasteiger partial charge in [-0.25, -0.2) is 0 Å². The normalized spacial score (nSPS) is 19.3. The van der Waals surface area contributed by atoms with E-state index in [9.17, 15) is 9.59 Å². The zero-order chi connectivity index (χ0) is 16.1. The van der Waals surface area contributed by atoms with Crippen LogP contribution in [0.3, 0.4) is 0 Å². The summed E-state index contributed by atoms with van der Waals surface area (Å²) in [5, 5.41) is 2.64. The molecule has 3 N–H and O–H groups in total. The molecule has 2 atom stereocenters. The topological polar surface area (TPSA) is 88.3 Å². The van der Waals surface area contributed by atoms with Crippen LogP contribution < -0.4 is 11.1 Å². The van der Waals surface area contributed by atoms with Gasteiger partial charge in [-0.05, 0) is 30.4 Å². The van der Waals surface area contributed by atoms with Crippen LogP contribution in [-0.4, -0.2) is 40.8 Å². The number of nitrogens with one attached hydrogen (secondary N) is 1. The van der Waals surface area contributed by atoms with E-state index in [-0.39, 0.29) is 30.3 Å². The maximum absolute atomic E-state index is 12.4. The number of aromatic nitrogens is 1. The first kappa shape index (κ1) is 16.4. The standard InChI is InChI=1S/C16H24N4O2/c1-11(2)15(17)16(22)19-10-14(21)20-8-4-6-13(20)12-5-3-7-18-9-12/h3,5,7,9,11,13,15H,4,6,8,10,17H2,1-2H3,(H,19,22)/t13?,15-/m0/s1. The number of nitrogens with two attached hydrogens (primary N) is 1. The van der Waals surface area contributed by atoms with Crippen LogP contribution in [0, 0.1) is 5.92 Å². The number of nitrogens with zero attached hydrogens (tertiary/aromatic N) is 2. The Balaban J connectivity index is 1.93. The van der Waals surface area contributed by atoms with Crippen molar-refractivity contribution in [2.75, 3.05) is 13.1 Å². The molecule has 0 radical (unpaired) electrons. The van der Waals surface area contributed by atoms with Crippen LogP contribution in [-0.2, 0) is 9.59 Å². The number of amides is 2. The third-order valence-corrected chi connectivity index (χ3v) is 4.08. The van der Waals surface area contributed by atoms with E-state index in [2.05, 4.69) is 10.3 Å². The van der Waals surface area contributed by atoms with Crippen molar-refractivity contribution in [3.8, 4) is 0 Å². The highest BCUT2D eigenvalue weighted by Crippen LogP contribution is 2.31. The van der Waals surface area contributed by atoms with Crippen molar-refractivity contribution in [2.45, 2.75) is 38.8 Å². The summed E-state index contributed by atoms with van der Waals surface area (Å²) in [7, 11) is 0. The average Bonchev–Trinajstić information content (AvgIpc) is 3.01. The van der Waals surface area contributed by atoms with Crippen molar-refractivity contribution < 1.29 is 9.59 Å². The molecule has 1 aliphatic rings. The second-order valence-electron chi connectivity index (χ2n) is 6.02. The molecule has 0 bridgehead atoms. The zero-order valence-corrected chi connectivity index (χ0v) is 13.2. The Morgan fingerprint density at radius 2 is 2.27 bits per heavy atom. The molecular formula is C16H24N4O2.